The lowest BCUT2D eigenvalue weighted by atomic mass is 9.94. The zero-order valence-electron chi connectivity index (χ0n) is 12.4. The molecular weight excluding hydrogens is 270 g/mol. The Morgan fingerprint density at radius 1 is 1.35 bits per heavy atom. The fourth-order valence-corrected chi connectivity index (χ4v) is 3.66. The van der Waals surface area contributed by atoms with E-state index in [9.17, 15) is 0 Å². The maximum atomic E-state index is 5.56. The summed E-state index contributed by atoms with van der Waals surface area (Å²) in [4.78, 5) is 8.64. The maximum Gasteiger partial charge on any atom is 0.148 e. The first-order valence-corrected chi connectivity index (χ1v) is 8.67. The van der Waals surface area contributed by atoms with Gasteiger partial charge in [-0.05, 0) is 31.9 Å². The van der Waals surface area contributed by atoms with Gasteiger partial charge in [-0.3, -0.25) is 0 Å². The van der Waals surface area contributed by atoms with Crippen molar-refractivity contribution in [3.8, 4) is 0 Å². The first-order valence-electron chi connectivity index (χ1n) is 7.38. The lowest BCUT2D eigenvalue weighted by Gasteiger charge is -2.29. The molecule has 2 rings (SSSR count). The fraction of sp³-hybridized carbons (Fsp3) is 0.714. The maximum absolute atomic E-state index is 5.56. The Bertz CT molecular complexity index is 426. The van der Waals surface area contributed by atoms with Gasteiger partial charge in [-0.15, -0.1) is 0 Å². The Labute approximate surface area is 125 Å². The van der Waals surface area contributed by atoms with Gasteiger partial charge in [0.2, 0.25) is 0 Å². The second kappa shape index (κ2) is 7.69. The third-order valence-electron chi connectivity index (χ3n) is 3.88. The van der Waals surface area contributed by atoms with Crippen LogP contribution >= 0.6 is 11.8 Å². The standard InChI is InChI=1S/C14H25N5S/c1-3-5-12-13(16-9-17-14(12)19-15)18-10-6-4-7-11(8-10)20-2/h9-11H,3-8,15H2,1-2H3,(H2,16,17,18,19). The lowest BCUT2D eigenvalue weighted by Crippen LogP contribution is -2.29. The van der Waals surface area contributed by atoms with Gasteiger partial charge in [0.05, 0.1) is 0 Å². The molecule has 1 aliphatic carbocycles. The van der Waals surface area contributed by atoms with Gasteiger partial charge < -0.3 is 10.7 Å². The van der Waals surface area contributed by atoms with E-state index in [-0.39, 0.29) is 0 Å². The van der Waals surface area contributed by atoms with Crippen molar-refractivity contribution in [2.75, 3.05) is 17.0 Å². The van der Waals surface area contributed by atoms with Crippen molar-refractivity contribution in [2.45, 2.75) is 56.7 Å². The van der Waals surface area contributed by atoms with Crippen molar-refractivity contribution in [1.29, 1.82) is 0 Å². The molecule has 0 amide bonds. The quantitative estimate of drug-likeness (QED) is 0.553. The van der Waals surface area contributed by atoms with Gasteiger partial charge in [0.1, 0.15) is 18.0 Å². The topological polar surface area (TPSA) is 75.9 Å². The summed E-state index contributed by atoms with van der Waals surface area (Å²) in [6.45, 7) is 2.15. The minimum absolute atomic E-state index is 0.511. The van der Waals surface area contributed by atoms with Crippen molar-refractivity contribution in [3.05, 3.63) is 11.9 Å². The smallest absolute Gasteiger partial charge is 0.148 e. The van der Waals surface area contributed by atoms with Gasteiger partial charge >= 0.3 is 0 Å². The zero-order chi connectivity index (χ0) is 14.4. The number of anilines is 2. The molecule has 6 heteroatoms. The van der Waals surface area contributed by atoms with Crippen molar-refractivity contribution < 1.29 is 0 Å². The molecule has 0 aliphatic heterocycles. The normalized spacial score (nSPS) is 22.6. The lowest BCUT2D eigenvalue weighted by molar-refractivity contribution is 0.472. The van der Waals surface area contributed by atoms with Crippen LogP contribution in [0.3, 0.4) is 0 Å². The van der Waals surface area contributed by atoms with Crippen LogP contribution in [-0.4, -0.2) is 27.5 Å². The minimum Gasteiger partial charge on any atom is -0.367 e. The Hall–Kier alpha value is -1.01. The molecule has 0 saturated heterocycles. The van der Waals surface area contributed by atoms with Gasteiger partial charge in [0, 0.05) is 16.9 Å². The van der Waals surface area contributed by atoms with Gasteiger partial charge in [-0.2, -0.15) is 11.8 Å². The van der Waals surface area contributed by atoms with E-state index in [2.05, 4.69) is 33.9 Å². The first kappa shape index (κ1) is 15.4. The summed E-state index contributed by atoms with van der Waals surface area (Å²) < 4.78 is 0. The molecule has 1 heterocycles. The highest BCUT2D eigenvalue weighted by atomic mass is 32.2. The van der Waals surface area contributed by atoms with Crippen LogP contribution in [0.4, 0.5) is 11.6 Å². The van der Waals surface area contributed by atoms with Crippen LogP contribution in [0.15, 0.2) is 6.33 Å². The molecular formula is C14H25N5S. The number of hydrogen-bond donors (Lipinski definition) is 3. The number of nitrogens with zero attached hydrogens (tertiary/aromatic N) is 2. The van der Waals surface area contributed by atoms with Crippen LogP contribution in [0.1, 0.15) is 44.6 Å². The van der Waals surface area contributed by atoms with Crippen LogP contribution in [0.2, 0.25) is 0 Å². The van der Waals surface area contributed by atoms with Gasteiger partial charge in [-0.25, -0.2) is 15.8 Å². The molecule has 112 valence electrons. The van der Waals surface area contributed by atoms with Gasteiger partial charge in [0.25, 0.3) is 0 Å². The average molecular weight is 295 g/mol. The Balaban J connectivity index is 2.11. The monoisotopic (exact) mass is 295 g/mol. The molecule has 2 atom stereocenters. The van der Waals surface area contributed by atoms with E-state index in [0.29, 0.717) is 6.04 Å². The van der Waals surface area contributed by atoms with E-state index in [1.54, 1.807) is 6.33 Å². The Morgan fingerprint density at radius 2 is 2.15 bits per heavy atom. The van der Waals surface area contributed by atoms with Crippen LogP contribution in [0, 0.1) is 0 Å². The molecule has 0 bridgehead atoms. The SMILES string of the molecule is CCCc1c(NN)ncnc1NC1CCCC(SC)C1. The van der Waals surface area contributed by atoms with Crippen molar-refractivity contribution in [2.24, 2.45) is 5.84 Å². The molecule has 1 saturated carbocycles. The molecule has 2 unspecified atom stereocenters. The second-order valence-corrected chi connectivity index (χ2v) is 6.45. The molecule has 5 nitrogen and oxygen atoms in total. The summed E-state index contributed by atoms with van der Waals surface area (Å²) in [5, 5.41) is 4.38. The summed E-state index contributed by atoms with van der Waals surface area (Å²) in [7, 11) is 0. The number of hydrazine groups is 1. The van der Waals surface area contributed by atoms with Crippen molar-refractivity contribution in [1.82, 2.24) is 9.97 Å². The molecule has 0 aromatic carbocycles. The van der Waals surface area contributed by atoms with Crippen molar-refractivity contribution in [3.63, 3.8) is 0 Å². The molecule has 0 radical (unpaired) electrons. The fourth-order valence-electron chi connectivity index (χ4n) is 2.83. The van der Waals surface area contributed by atoms with E-state index >= 15 is 0 Å². The predicted octanol–water partition coefficient (Wildman–Crippen LogP) is 2.80. The number of rotatable bonds is 6. The van der Waals surface area contributed by atoms with Gasteiger partial charge in [0.15, 0.2) is 0 Å². The number of aromatic nitrogens is 2. The van der Waals surface area contributed by atoms with E-state index in [1.165, 1.54) is 25.7 Å². The molecule has 4 N–H and O–H groups in total. The Kier molecular flexibility index (Phi) is 5.91. The number of nitrogens with two attached hydrogens (primary N) is 1. The highest BCUT2D eigenvalue weighted by Gasteiger charge is 2.22. The molecule has 1 fully saturated rings. The Morgan fingerprint density at radius 3 is 2.85 bits per heavy atom. The van der Waals surface area contributed by atoms with E-state index in [4.69, 9.17) is 5.84 Å². The number of thioether (sulfide) groups is 1. The van der Waals surface area contributed by atoms with Crippen LogP contribution in [0.5, 0.6) is 0 Å². The summed E-state index contributed by atoms with van der Waals surface area (Å²) in [5.41, 5.74) is 3.78. The van der Waals surface area contributed by atoms with Crippen LogP contribution in [0.25, 0.3) is 0 Å². The third kappa shape index (κ3) is 3.76. The third-order valence-corrected chi connectivity index (χ3v) is 4.98. The largest absolute Gasteiger partial charge is 0.367 e. The van der Waals surface area contributed by atoms with Crippen LogP contribution < -0.4 is 16.6 Å². The zero-order valence-corrected chi connectivity index (χ0v) is 13.2. The molecule has 1 aliphatic rings. The summed E-state index contributed by atoms with van der Waals surface area (Å²) in [6, 6.07) is 0.511. The molecule has 1 aromatic heterocycles. The average Bonchev–Trinajstić information content (AvgIpc) is 2.49. The molecule has 1 aromatic rings. The predicted molar refractivity (Wildman–Crippen MR) is 87.0 cm³/mol. The first-order chi connectivity index (χ1) is 9.78. The van der Waals surface area contributed by atoms with E-state index in [0.717, 1.165) is 35.3 Å². The minimum atomic E-state index is 0.511. The summed E-state index contributed by atoms with van der Waals surface area (Å²) in [5.74, 6) is 7.24. The van der Waals surface area contributed by atoms with Crippen LogP contribution in [-0.2, 0) is 6.42 Å². The molecule has 0 spiro atoms. The summed E-state index contributed by atoms with van der Waals surface area (Å²) in [6.07, 6.45) is 10.8. The number of nitrogen functional groups attached to an aromatic ring is 1. The number of hydrogen-bond acceptors (Lipinski definition) is 6. The summed E-state index contributed by atoms with van der Waals surface area (Å²) >= 11 is 1.98. The van der Waals surface area contributed by atoms with E-state index in [1.807, 2.05) is 11.8 Å². The highest BCUT2D eigenvalue weighted by molar-refractivity contribution is 7.99. The second-order valence-electron chi connectivity index (χ2n) is 5.31. The number of nitrogens with one attached hydrogen (secondary N) is 2. The highest BCUT2D eigenvalue weighted by Crippen LogP contribution is 2.30. The molecule has 20 heavy (non-hydrogen) atoms. The van der Waals surface area contributed by atoms with E-state index < -0.39 is 0 Å². The van der Waals surface area contributed by atoms with Crippen molar-refractivity contribution >= 4 is 23.4 Å². The van der Waals surface area contributed by atoms with Gasteiger partial charge in [-0.1, -0.05) is 19.8 Å².